The summed E-state index contributed by atoms with van der Waals surface area (Å²) in [6.07, 6.45) is 0. The van der Waals surface area contributed by atoms with Gasteiger partial charge in [0.05, 0.1) is 13.2 Å². The Hall–Kier alpha value is -2.50. The molecule has 2 aromatic rings. The van der Waals surface area contributed by atoms with Gasteiger partial charge in [-0.1, -0.05) is 12.1 Å². The minimum absolute atomic E-state index is 0.00792. The zero-order valence-electron chi connectivity index (χ0n) is 12.1. The van der Waals surface area contributed by atoms with E-state index in [0.29, 0.717) is 11.5 Å². The largest absolute Gasteiger partial charge is 0.463 e. The van der Waals surface area contributed by atoms with E-state index in [4.69, 9.17) is 0 Å². The number of carbonyl (C=O) groups is 1. The van der Waals surface area contributed by atoms with Crippen LogP contribution in [0.3, 0.4) is 0 Å². The lowest BCUT2D eigenvalue weighted by molar-refractivity contribution is 0.0586. The van der Waals surface area contributed by atoms with Crippen LogP contribution < -0.4 is 5.32 Å². The molecule has 0 aliphatic heterocycles. The predicted octanol–water partition coefficient (Wildman–Crippen LogP) is 2.88. The zero-order valence-corrected chi connectivity index (χ0v) is 12.1. The van der Waals surface area contributed by atoms with E-state index in [1.807, 2.05) is 13.0 Å². The molecule has 1 unspecified atom stereocenters. The summed E-state index contributed by atoms with van der Waals surface area (Å²) in [5.41, 5.74) is 1.42. The van der Waals surface area contributed by atoms with Crippen molar-refractivity contribution >= 4 is 11.8 Å². The fourth-order valence-corrected chi connectivity index (χ4v) is 1.91. The Bertz CT molecular complexity index is 661. The molecule has 1 aromatic carbocycles. The van der Waals surface area contributed by atoms with Crippen LogP contribution in [0.1, 0.15) is 34.8 Å². The van der Waals surface area contributed by atoms with E-state index < -0.39 is 5.97 Å². The highest BCUT2D eigenvalue weighted by atomic mass is 19.1. The summed E-state index contributed by atoms with van der Waals surface area (Å²) >= 11 is 0. The Labute approximate surface area is 122 Å². The van der Waals surface area contributed by atoms with Gasteiger partial charge in [-0.15, -0.1) is 0 Å². The lowest BCUT2D eigenvalue weighted by atomic mass is 10.1. The first kappa shape index (κ1) is 14.9. The molecule has 110 valence electrons. The number of nitrogens with one attached hydrogen (secondary N) is 1. The lowest BCUT2D eigenvalue weighted by Crippen LogP contribution is -2.13. The zero-order chi connectivity index (χ0) is 15.4. The second-order valence-corrected chi connectivity index (χ2v) is 4.63. The van der Waals surface area contributed by atoms with Gasteiger partial charge in [0.2, 0.25) is 5.82 Å². The first-order valence-corrected chi connectivity index (χ1v) is 6.45. The molecule has 1 aromatic heterocycles. The molecule has 1 heterocycles. The summed E-state index contributed by atoms with van der Waals surface area (Å²) in [6, 6.07) is 7.85. The van der Waals surface area contributed by atoms with Crippen molar-refractivity contribution in [2.45, 2.75) is 19.9 Å². The van der Waals surface area contributed by atoms with Crippen LogP contribution in [-0.2, 0) is 4.74 Å². The minimum atomic E-state index is -0.597. The Morgan fingerprint density at radius 3 is 2.76 bits per heavy atom. The van der Waals surface area contributed by atoms with E-state index in [2.05, 4.69) is 20.0 Å². The van der Waals surface area contributed by atoms with Crippen molar-refractivity contribution in [3.05, 3.63) is 53.2 Å². The molecule has 0 saturated heterocycles. The number of aryl methyl sites for hydroxylation is 1. The van der Waals surface area contributed by atoms with Crippen LogP contribution >= 0.6 is 0 Å². The molecule has 1 atom stereocenters. The van der Waals surface area contributed by atoms with E-state index in [0.717, 1.165) is 5.56 Å². The maximum Gasteiger partial charge on any atom is 0.376 e. The van der Waals surface area contributed by atoms with Crippen LogP contribution in [0.25, 0.3) is 0 Å². The standard InChI is InChI=1S/C15H16FN3O2/c1-9-7-13(19-14(17-9)15(20)21-3)18-10(2)11-5-4-6-12(16)8-11/h4-8,10H,1-3H3,(H,17,18,19). The maximum absolute atomic E-state index is 13.2. The number of halogens is 1. The van der Waals surface area contributed by atoms with Crippen molar-refractivity contribution in [1.29, 1.82) is 0 Å². The third kappa shape index (κ3) is 3.75. The second kappa shape index (κ2) is 6.30. The molecular weight excluding hydrogens is 273 g/mol. The van der Waals surface area contributed by atoms with E-state index in [1.165, 1.54) is 19.2 Å². The third-order valence-corrected chi connectivity index (χ3v) is 2.94. The quantitative estimate of drug-likeness (QED) is 0.877. The predicted molar refractivity (Wildman–Crippen MR) is 76.5 cm³/mol. The monoisotopic (exact) mass is 289 g/mol. The van der Waals surface area contributed by atoms with Crippen LogP contribution in [0.4, 0.5) is 10.2 Å². The van der Waals surface area contributed by atoms with Gasteiger partial charge in [-0.25, -0.2) is 19.2 Å². The SMILES string of the molecule is COC(=O)c1nc(C)cc(NC(C)c2cccc(F)c2)n1. The average molecular weight is 289 g/mol. The maximum atomic E-state index is 13.2. The summed E-state index contributed by atoms with van der Waals surface area (Å²) in [7, 11) is 1.27. The van der Waals surface area contributed by atoms with Crippen molar-refractivity contribution in [3.8, 4) is 0 Å². The molecule has 0 aliphatic carbocycles. The number of hydrogen-bond acceptors (Lipinski definition) is 5. The van der Waals surface area contributed by atoms with Gasteiger partial charge in [-0.3, -0.25) is 0 Å². The molecular formula is C15H16FN3O2. The summed E-state index contributed by atoms with van der Waals surface area (Å²) in [4.78, 5) is 19.6. The second-order valence-electron chi connectivity index (χ2n) is 4.63. The van der Waals surface area contributed by atoms with E-state index in [9.17, 15) is 9.18 Å². The molecule has 0 spiro atoms. The van der Waals surface area contributed by atoms with Gasteiger partial charge in [-0.05, 0) is 31.5 Å². The number of esters is 1. The van der Waals surface area contributed by atoms with Crippen molar-refractivity contribution in [1.82, 2.24) is 9.97 Å². The van der Waals surface area contributed by atoms with Crippen molar-refractivity contribution < 1.29 is 13.9 Å². The molecule has 0 bridgehead atoms. The highest BCUT2D eigenvalue weighted by molar-refractivity contribution is 5.85. The molecule has 0 amide bonds. The van der Waals surface area contributed by atoms with E-state index >= 15 is 0 Å². The van der Waals surface area contributed by atoms with Gasteiger partial charge in [0.15, 0.2) is 0 Å². The number of nitrogens with zero attached hydrogens (tertiary/aromatic N) is 2. The van der Waals surface area contributed by atoms with Crippen molar-refractivity contribution in [2.75, 3.05) is 12.4 Å². The van der Waals surface area contributed by atoms with Crippen LogP contribution in [0, 0.1) is 12.7 Å². The van der Waals surface area contributed by atoms with Gasteiger partial charge >= 0.3 is 5.97 Å². The summed E-state index contributed by atoms with van der Waals surface area (Å²) in [5, 5.41) is 3.12. The summed E-state index contributed by atoms with van der Waals surface area (Å²) in [6.45, 7) is 3.64. The van der Waals surface area contributed by atoms with Gasteiger partial charge in [0, 0.05) is 11.8 Å². The van der Waals surface area contributed by atoms with E-state index in [-0.39, 0.29) is 17.7 Å². The normalized spacial score (nSPS) is 11.8. The van der Waals surface area contributed by atoms with Gasteiger partial charge in [0.25, 0.3) is 0 Å². The molecule has 5 nitrogen and oxygen atoms in total. The van der Waals surface area contributed by atoms with E-state index in [1.54, 1.807) is 19.1 Å². The summed E-state index contributed by atoms with van der Waals surface area (Å²) < 4.78 is 17.8. The van der Waals surface area contributed by atoms with Crippen LogP contribution in [0.2, 0.25) is 0 Å². The van der Waals surface area contributed by atoms with Gasteiger partial charge in [-0.2, -0.15) is 0 Å². The van der Waals surface area contributed by atoms with Crippen LogP contribution in [-0.4, -0.2) is 23.0 Å². The van der Waals surface area contributed by atoms with Crippen LogP contribution in [0.5, 0.6) is 0 Å². The fourth-order valence-electron chi connectivity index (χ4n) is 1.91. The Morgan fingerprint density at radius 1 is 1.33 bits per heavy atom. The Morgan fingerprint density at radius 2 is 2.10 bits per heavy atom. The first-order chi connectivity index (χ1) is 9.99. The third-order valence-electron chi connectivity index (χ3n) is 2.94. The highest BCUT2D eigenvalue weighted by Crippen LogP contribution is 2.19. The van der Waals surface area contributed by atoms with Crippen molar-refractivity contribution in [2.24, 2.45) is 0 Å². The number of ether oxygens (including phenoxy) is 1. The smallest absolute Gasteiger partial charge is 0.376 e. The number of aromatic nitrogens is 2. The van der Waals surface area contributed by atoms with Gasteiger partial charge in [0.1, 0.15) is 11.6 Å². The number of anilines is 1. The first-order valence-electron chi connectivity index (χ1n) is 6.45. The highest BCUT2D eigenvalue weighted by Gasteiger charge is 2.13. The molecule has 2 rings (SSSR count). The molecule has 6 heteroatoms. The lowest BCUT2D eigenvalue weighted by Gasteiger charge is -2.15. The number of methoxy groups -OCH3 is 1. The Balaban J connectivity index is 2.23. The van der Waals surface area contributed by atoms with Gasteiger partial charge < -0.3 is 10.1 Å². The minimum Gasteiger partial charge on any atom is -0.463 e. The number of benzene rings is 1. The number of rotatable bonds is 4. The fraction of sp³-hybridized carbons (Fsp3) is 0.267. The topological polar surface area (TPSA) is 64.1 Å². The van der Waals surface area contributed by atoms with Crippen LogP contribution in [0.15, 0.2) is 30.3 Å². The molecule has 0 aliphatic rings. The molecule has 21 heavy (non-hydrogen) atoms. The summed E-state index contributed by atoms with van der Waals surface area (Å²) in [5.74, 6) is -0.415. The molecule has 0 fully saturated rings. The Kier molecular flexibility index (Phi) is 4.47. The molecule has 1 N–H and O–H groups in total. The molecule has 0 radical (unpaired) electrons. The average Bonchev–Trinajstić information content (AvgIpc) is 2.45. The van der Waals surface area contributed by atoms with Crippen molar-refractivity contribution in [3.63, 3.8) is 0 Å². The number of carbonyl (C=O) groups excluding carboxylic acids is 1. The number of hydrogen-bond donors (Lipinski definition) is 1. The molecule has 0 saturated carbocycles.